The van der Waals surface area contributed by atoms with Gasteiger partial charge in [0.05, 0.1) is 12.5 Å². The lowest BCUT2D eigenvalue weighted by atomic mass is 10.0. The van der Waals surface area contributed by atoms with Crippen LogP contribution in [-0.4, -0.2) is 31.2 Å². The van der Waals surface area contributed by atoms with Crippen molar-refractivity contribution in [3.63, 3.8) is 0 Å². The minimum absolute atomic E-state index is 0.0790. The Hall–Kier alpha value is -4.00. The van der Waals surface area contributed by atoms with Crippen LogP contribution in [0.3, 0.4) is 0 Å². The summed E-state index contributed by atoms with van der Waals surface area (Å²) in [6.45, 7) is 0. The number of hydrogen-bond acceptors (Lipinski definition) is 4. The second-order valence-electron chi connectivity index (χ2n) is 6.40. The van der Waals surface area contributed by atoms with Gasteiger partial charge in [0.15, 0.2) is 0 Å². The van der Waals surface area contributed by atoms with Gasteiger partial charge in [0.25, 0.3) is 0 Å². The minimum atomic E-state index is -0.507. The second kappa shape index (κ2) is 6.96. The van der Waals surface area contributed by atoms with Gasteiger partial charge in [0, 0.05) is 47.6 Å². The number of fused-ring (bicyclic) bond motifs is 1. The van der Waals surface area contributed by atoms with Gasteiger partial charge < -0.3 is 15.3 Å². The van der Waals surface area contributed by atoms with E-state index in [4.69, 9.17) is 5.73 Å². The third-order valence-electron chi connectivity index (χ3n) is 4.52. The van der Waals surface area contributed by atoms with E-state index in [-0.39, 0.29) is 5.78 Å². The first-order chi connectivity index (χ1) is 13.5. The lowest BCUT2D eigenvalue weighted by molar-refractivity contribution is -0.113. The molecular formula is C21H17N5O2. The van der Waals surface area contributed by atoms with Gasteiger partial charge >= 0.3 is 0 Å². The highest BCUT2D eigenvalue weighted by Gasteiger charge is 2.13. The number of nitrogens with one attached hydrogen (secondary N) is 1. The average Bonchev–Trinajstić information content (AvgIpc) is 3.31. The van der Waals surface area contributed by atoms with Gasteiger partial charge in [-0.2, -0.15) is 0 Å². The molecule has 0 atom stereocenters. The first-order valence-corrected chi connectivity index (χ1v) is 8.59. The van der Waals surface area contributed by atoms with Gasteiger partial charge in [0.1, 0.15) is 11.3 Å². The number of aryl methyl sites for hydroxylation is 1. The molecule has 0 aliphatic carbocycles. The van der Waals surface area contributed by atoms with Crippen molar-refractivity contribution in [2.24, 2.45) is 12.8 Å². The van der Waals surface area contributed by atoms with Crippen LogP contribution in [0.25, 0.3) is 28.2 Å². The highest BCUT2D eigenvalue weighted by molar-refractivity contribution is 6.08. The molecule has 7 heteroatoms. The second-order valence-corrected chi connectivity index (χ2v) is 6.40. The van der Waals surface area contributed by atoms with E-state index in [0.29, 0.717) is 11.3 Å². The number of nitrogens with two attached hydrogens (primary N) is 1. The number of aromatic nitrogens is 4. The summed E-state index contributed by atoms with van der Waals surface area (Å²) in [5.74, 6) is -0.586. The zero-order valence-corrected chi connectivity index (χ0v) is 15.1. The molecule has 0 radical (unpaired) electrons. The van der Waals surface area contributed by atoms with E-state index >= 15 is 0 Å². The molecule has 4 aromatic rings. The molecule has 0 unspecified atom stereocenters. The van der Waals surface area contributed by atoms with Gasteiger partial charge in [-0.05, 0) is 17.7 Å². The Labute approximate surface area is 160 Å². The van der Waals surface area contributed by atoms with Crippen molar-refractivity contribution in [2.75, 3.05) is 0 Å². The molecule has 138 valence electrons. The summed E-state index contributed by atoms with van der Waals surface area (Å²) < 4.78 is 1.70. The predicted molar refractivity (Wildman–Crippen MR) is 106 cm³/mol. The fourth-order valence-corrected chi connectivity index (χ4v) is 3.03. The van der Waals surface area contributed by atoms with Gasteiger partial charge in [0.2, 0.25) is 11.7 Å². The zero-order valence-electron chi connectivity index (χ0n) is 15.1. The van der Waals surface area contributed by atoms with E-state index in [1.54, 1.807) is 54.7 Å². The smallest absolute Gasteiger partial charge is 0.241 e. The number of aromatic amines is 1. The molecule has 1 aromatic carbocycles. The Morgan fingerprint density at radius 1 is 1.14 bits per heavy atom. The molecule has 1 amide bonds. The standard InChI is InChI=1S/C21H17N5O2/c1-26-12-23-11-18(26)20(28)14-4-2-13(3-5-14)16-8-17-15(6-7-19(22)27)9-24-21(17)25-10-16/h2-12H,1H3,(H2,22,27)(H,24,25)/b7-6+. The summed E-state index contributed by atoms with van der Waals surface area (Å²) in [6, 6.07) is 9.34. The number of ketones is 1. The fourth-order valence-electron chi connectivity index (χ4n) is 3.03. The lowest BCUT2D eigenvalue weighted by Gasteiger charge is -2.05. The molecule has 0 saturated heterocycles. The molecule has 4 rings (SSSR count). The fraction of sp³-hybridized carbons (Fsp3) is 0.0476. The maximum atomic E-state index is 12.6. The Kier molecular flexibility index (Phi) is 4.33. The highest BCUT2D eigenvalue weighted by atomic mass is 16.1. The van der Waals surface area contributed by atoms with Crippen LogP contribution >= 0.6 is 0 Å². The largest absolute Gasteiger partial charge is 0.366 e. The monoisotopic (exact) mass is 371 g/mol. The van der Waals surface area contributed by atoms with Gasteiger partial charge in [-0.3, -0.25) is 9.59 Å². The number of pyridine rings is 1. The summed E-state index contributed by atoms with van der Waals surface area (Å²) in [5.41, 5.74) is 9.68. The first-order valence-electron chi connectivity index (χ1n) is 8.59. The predicted octanol–water partition coefficient (Wildman–Crippen LogP) is 2.69. The quantitative estimate of drug-likeness (QED) is 0.415. The molecular weight excluding hydrogens is 354 g/mol. The van der Waals surface area contributed by atoms with Crippen LogP contribution in [0.4, 0.5) is 0 Å². The number of carbonyl (C=O) groups is 2. The van der Waals surface area contributed by atoms with Crippen molar-refractivity contribution in [3.8, 4) is 11.1 Å². The first kappa shape index (κ1) is 17.4. The van der Waals surface area contributed by atoms with E-state index in [2.05, 4.69) is 15.0 Å². The number of imidazole rings is 1. The summed E-state index contributed by atoms with van der Waals surface area (Å²) >= 11 is 0. The highest BCUT2D eigenvalue weighted by Crippen LogP contribution is 2.26. The number of primary amides is 1. The van der Waals surface area contributed by atoms with E-state index in [9.17, 15) is 9.59 Å². The number of hydrogen-bond donors (Lipinski definition) is 2. The summed E-state index contributed by atoms with van der Waals surface area (Å²) in [5, 5.41) is 0.880. The van der Waals surface area contributed by atoms with Crippen molar-refractivity contribution in [1.29, 1.82) is 0 Å². The van der Waals surface area contributed by atoms with Gasteiger partial charge in [-0.25, -0.2) is 9.97 Å². The van der Waals surface area contributed by atoms with Crippen LogP contribution in [0.15, 0.2) is 61.3 Å². The maximum Gasteiger partial charge on any atom is 0.241 e. The van der Waals surface area contributed by atoms with Gasteiger partial charge in [-0.1, -0.05) is 24.3 Å². The normalized spacial score (nSPS) is 11.3. The molecule has 3 aromatic heterocycles. The average molecular weight is 371 g/mol. The van der Waals surface area contributed by atoms with Crippen molar-refractivity contribution in [3.05, 3.63) is 78.1 Å². The Morgan fingerprint density at radius 2 is 1.93 bits per heavy atom. The zero-order chi connectivity index (χ0) is 19.7. The van der Waals surface area contributed by atoms with Crippen LogP contribution in [0.5, 0.6) is 0 Å². The Morgan fingerprint density at radius 3 is 2.61 bits per heavy atom. The third-order valence-corrected chi connectivity index (χ3v) is 4.52. The van der Waals surface area contributed by atoms with Crippen LogP contribution < -0.4 is 5.73 Å². The van der Waals surface area contributed by atoms with Crippen molar-refractivity contribution in [1.82, 2.24) is 19.5 Å². The molecule has 3 heterocycles. The third kappa shape index (κ3) is 3.21. The number of carbonyl (C=O) groups excluding carboxylic acids is 2. The van der Waals surface area contributed by atoms with E-state index in [1.807, 2.05) is 18.2 Å². The van der Waals surface area contributed by atoms with Crippen LogP contribution in [0, 0.1) is 0 Å². The van der Waals surface area contributed by atoms with Crippen LogP contribution in [0.1, 0.15) is 21.6 Å². The molecule has 3 N–H and O–H groups in total. The number of amides is 1. The Balaban J connectivity index is 1.66. The summed E-state index contributed by atoms with van der Waals surface area (Å²) in [7, 11) is 1.79. The van der Waals surface area contributed by atoms with Crippen molar-refractivity contribution >= 4 is 28.8 Å². The number of H-pyrrole nitrogens is 1. The molecule has 0 aliphatic rings. The van der Waals surface area contributed by atoms with Crippen LogP contribution in [-0.2, 0) is 11.8 Å². The van der Waals surface area contributed by atoms with E-state index in [1.165, 1.54) is 6.08 Å². The Bertz CT molecular complexity index is 1220. The summed E-state index contributed by atoms with van der Waals surface area (Å²) in [6.07, 6.45) is 9.66. The molecule has 0 spiro atoms. The maximum absolute atomic E-state index is 12.6. The number of nitrogens with zero attached hydrogens (tertiary/aromatic N) is 3. The molecule has 0 fully saturated rings. The number of rotatable bonds is 5. The number of benzene rings is 1. The molecule has 0 bridgehead atoms. The SMILES string of the molecule is Cn1cncc1C(=O)c1ccc(-c2cnc3[nH]cc(/C=C/C(N)=O)c3c2)cc1. The molecule has 28 heavy (non-hydrogen) atoms. The topological polar surface area (TPSA) is 107 Å². The molecule has 0 saturated carbocycles. The van der Waals surface area contributed by atoms with Crippen LogP contribution in [0.2, 0.25) is 0 Å². The van der Waals surface area contributed by atoms with Crippen molar-refractivity contribution in [2.45, 2.75) is 0 Å². The van der Waals surface area contributed by atoms with Gasteiger partial charge in [-0.15, -0.1) is 0 Å². The van der Waals surface area contributed by atoms with Crippen molar-refractivity contribution < 1.29 is 9.59 Å². The van der Waals surface area contributed by atoms with E-state index < -0.39 is 5.91 Å². The summed E-state index contributed by atoms with van der Waals surface area (Å²) in [4.78, 5) is 35.0. The lowest BCUT2D eigenvalue weighted by Crippen LogP contribution is -2.06. The minimum Gasteiger partial charge on any atom is -0.366 e. The molecule has 0 aliphatic heterocycles. The van der Waals surface area contributed by atoms with E-state index in [0.717, 1.165) is 27.7 Å². The molecule has 7 nitrogen and oxygen atoms in total.